The Hall–Kier alpha value is -3.11. The van der Waals surface area contributed by atoms with Gasteiger partial charge in [0.05, 0.1) is 43.5 Å². The summed E-state index contributed by atoms with van der Waals surface area (Å²) in [5.74, 6) is -0.513. The van der Waals surface area contributed by atoms with Crippen LogP contribution in [0.3, 0.4) is 0 Å². The van der Waals surface area contributed by atoms with Crippen molar-refractivity contribution in [3.8, 4) is 11.5 Å². The quantitative estimate of drug-likeness (QED) is 0.532. The van der Waals surface area contributed by atoms with Gasteiger partial charge in [0.15, 0.2) is 11.5 Å². The lowest BCUT2D eigenvalue weighted by molar-refractivity contribution is 0.0598. The summed E-state index contributed by atoms with van der Waals surface area (Å²) in [7, 11) is -1.81. The third-order valence-corrected chi connectivity index (χ3v) is 5.98. The van der Waals surface area contributed by atoms with Crippen LogP contribution in [0, 0.1) is 0 Å². The van der Waals surface area contributed by atoms with Gasteiger partial charge in [-0.3, -0.25) is 0 Å². The Labute approximate surface area is 187 Å². The van der Waals surface area contributed by atoms with Crippen molar-refractivity contribution in [2.45, 2.75) is 31.7 Å². The summed E-state index contributed by atoms with van der Waals surface area (Å²) in [4.78, 5) is 23.7. The molecule has 32 heavy (non-hydrogen) atoms. The highest BCUT2D eigenvalue weighted by Gasteiger charge is 2.24. The van der Waals surface area contributed by atoms with E-state index in [0.717, 1.165) is 26.4 Å². The minimum absolute atomic E-state index is 0.0943. The van der Waals surface area contributed by atoms with Crippen molar-refractivity contribution in [3.05, 3.63) is 53.1 Å². The van der Waals surface area contributed by atoms with E-state index in [1.54, 1.807) is 25.1 Å². The number of benzene rings is 2. The number of hydrogen-bond acceptors (Lipinski definition) is 8. The van der Waals surface area contributed by atoms with E-state index in [4.69, 9.17) is 9.47 Å². The van der Waals surface area contributed by atoms with Crippen molar-refractivity contribution in [2.24, 2.45) is 0 Å². The monoisotopic (exact) mass is 465 g/mol. The van der Waals surface area contributed by atoms with E-state index in [1.165, 1.54) is 6.07 Å². The first-order valence-electron chi connectivity index (χ1n) is 9.90. The van der Waals surface area contributed by atoms with Crippen LogP contribution in [0.15, 0.2) is 41.3 Å². The Bertz CT molecular complexity index is 1050. The van der Waals surface area contributed by atoms with Gasteiger partial charge in [0.1, 0.15) is 0 Å². The first-order valence-corrected chi connectivity index (χ1v) is 11.4. The lowest BCUT2D eigenvalue weighted by Crippen LogP contribution is -2.27. The van der Waals surface area contributed by atoms with E-state index >= 15 is 0 Å². The Morgan fingerprint density at radius 3 is 1.91 bits per heavy atom. The lowest BCUT2D eigenvalue weighted by atomic mass is 10.1. The van der Waals surface area contributed by atoms with Crippen LogP contribution in [0.5, 0.6) is 11.5 Å². The second kappa shape index (κ2) is 11.0. The molecule has 2 aromatic carbocycles. The van der Waals surface area contributed by atoms with Crippen molar-refractivity contribution in [1.82, 2.24) is 4.72 Å². The van der Waals surface area contributed by atoms with Crippen molar-refractivity contribution in [3.63, 3.8) is 0 Å². The molecule has 0 aliphatic carbocycles. The van der Waals surface area contributed by atoms with Gasteiger partial charge in [-0.15, -0.1) is 0 Å². The summed E-state index contributed by atoms with van der Waals surface area (Å²) in [6.45, 7) is 6.22. The molecular formula is C22H27NO8S. The van der Waals surface area contributed by atoms with Crippen LogP contribution >= 0.6 is 0 Å². The number of hydrogen-bond donors (Lipinski definition) is 1. The molecule has 0 spiro atoms. The van der Waals surface area contributed by atoms with Crippen LogP contribution in [0.1, 0.15) is 53.1 Å². The highest BCUT2D eigenvalue weighted by molar-refractivity contribution is 7.89. The fourth-order valence-electron chi connectivity index (χ4n) is 2.93. The predicted molar refractivity (Wildman–Crippen MR) is 117 cm³/mol. The van der Waals surface area contributed by atoms with Crippen LogP contribution in [0.25, 0.3) is 0 Å². The zero-order valence-electron chi connectivity index (χ0n) is 18.6. The maximum atomic E-state index is 13.1. The Kier molecular flexibility index (Phi) is 8.62. The molecule has 2 aromatic rings. The fourth-order valence-corrected chi connectivity index (χ4v) is 4.23. The maximum Gasteiger partial charge on any atom is 0.337 e. The standard InChI is InChI=1S/C22H27NO8S/c1-6-30-19-9-8-15(13-20(19)31-7-2)14(3)23-32(26,27)18-11-16(21(24)28-4)10-17(12-18)22(25)29-5/h8-14,23H,6-7H2,1-5H3. The molecule has 0 heterocycles. The highest BCUT2D eigenvalue weighted by atomic mass is 32.2. The molecule has 0 amide bonds. The molecule has 0 aliphatic rings. The number of nitrogens with one attached hydrogen (secondary N) is 1. The topological polar surface area (TPSA) is 117 Å². The maximum absolute atomic E-state index is 13.1. The highest BCUT2D eigenvalue weighted by Crippen LogP contribution is 2.31. The van der Waals surface area contributed by atoms with Gasteiger partial charge in [0.25, 0.3) is 0 Å². The molecular weight excluding hydrogens is 438 g/mol. The Morgan fingerprint density at radius 2 is 1.41 bits per heavy atom. The third kappa shape index (κ3) is 5.98. The average molecular weight is 466 g/mol. The van der Waals surface area contributed by atoms with Gasteiger partial charge in [-0.2, -0.15) is 0 Å². The summed E-state index contributed by atoms with van der Waals surface area (Å²) in [5, 5.41) is 0. The molecule has 0 bridgehead atoms. The summed E-state index contributed by atoms with van der Waals surface area (Å²) >= 11 is 0. The van der Waals surface area contributed by atoms with Gasteiger partial charge in [-0.05, 0) is 56.7 Å². The van der Waals surface area contributed by atoms with Crippen LogP contribution in [0.2, 0.25) is 0 Å². The molecule has 0 saturated carbocycles. The van der Waals surface area contributed by atoms with E-state index in [0.29, 0.717) is 30.3 Å². The largest absolute Gasteiger partial charge is 0.490 e. The molecule has 0 radical (unpaired) electrons. The molecule has 9 nitrogen and oxygen atoms in total. The summed E-state index contributed by atoms with van der Waals surface area (Å²) in [6.07, 6.45) is 0. The van der Waals surface area contributed by atoms with Gasteiger partial charge in [0.2, 0.25) is 10.0 Å². The van der Waals surface area contributed by atoms with Gasteiger partial charge in [0, 0.05) is 6.04 Å². The number of carbonyl (C=O) groups is 2. The number of rotatable bonds is 10. The molecule has 174 valence electrons. The smallest absolute Gasteiger partial charge is 0.337 e. The predicted octanol–water partition coefficient (Wildman–Crippen LogP) is 3.10. The minimum atomic E-state index is -4.12. The molecule has 0 aromatic heterocycles. The van der Waals surface area contributed by atoms with Crippen LogP contribution in [-0.4, -0.2) is 47.8 Å². The zero-order valence-corrected chi connectivity index (χ0v) is 19.4. The van der Waals surface area contributed by atoms with Crippen molar-refractivity contribution in [1.29, 1.82) is 0 Å². The Balaban J connectivity index is 2.41. The lowest BCUT2D eigenvalue weighted by Gasteiger charge is -2.18. The normalized spacial score (nSPS) is 12.0. The molecule has 0 aliphatic heterocycles. The first-order chi connectivity index (χ1) is 15.2. The minimum Gasteiger partial charge on any atom is -0.490 e. The summed E-state index contributed by atoms with van der Waals surface area (Å²) in [6, 6.07) is 7.97. The molecule has 10 heteroatoms. The third-order valence-electron chi connectivity index (χ3n) is 4.46. The van der Waals surface area contributed by atoms with Crippen LogP contribution < -0.4 is 14.2 Å². The molecule has 1 N–H and O–H groups in total. The molecule has 1 unspecified atom stereocenters. The van der Waals surface area contributed by atoms with Crippen LogP contribution in [-0.2, 0) is 19.5 Å². The van der Waals surface area contributed by atoms with E-state index in [-0.39, 0.29) is 16.0 Å². The van der Waals surface area contributed by atoms with Gasteiger partial charge >= 0.3 is 11.9 Å². The van der Waals surface area contributed by atoms with Crippen molar-refractivity contribution < 1.29 is 37.0 Å². The van der Waals surface area contributed by atoms with Crippen LogP contribution in [0.4, 0.5) is 0 Å². The van der Waals surface area contributed by atoms with E-state index in [9.17, 15) is 18.0 Å². The molecule has 2 rings (SSSR count). The van der Waals surface area contributed by atoms with Crippen molar-refractivity contribution >= 4 is 22.0 Å². The average Bonchev–Trinajstić information content (AvgIpc) is 2.78. The Morgan fingerprint density at radius 1 is 0.875 bits per heavy atom. The summed E-state index contributed by atoms with van der Waals surface area (Å²) in [5.41, 5.74) is 0.448. The molecule has 0 fully saturated rings. The number of ether oxygens (including phenoxy) is 4. The SMILES string of the molecule is CCOc1ccc(C(C)NS(=O)(=O)c2cc(C(=O)OC)cc(C(=O)OC)c2)cc1OCC. The van der Waals surface area contributed by atoms with E-state index in [2.05, 4.69) is 14.2 Å². The van der Waals surface area contributed by atoms with Gasteiger partial charge in [-0.25, -0.2) is 22.7 Å². The molecule has 1 atom stereocenters. The van der Waals surface area contributed by atoms with Gasteiger partial charge < -0.3 is 18.9 Å². The number of sulfonamides is 1. The second-order valence-electron chi connectivity index (χ2n) is 6.64. The first kappa shape index (κ1) is 25.2. The number of carbonyl (C=O) groups excluding carboxylic acids is 2. The zero-order chi connectivity index (χ0) is 23.9. The molecule has 0 saturated heterocycles. The van der Waals surface area contributed by atoms with Gasteiger partial charge in [-0.1, -0.05) is 6.07 Å². The van der Waals surface area contributed by atoms with Crippen molar-refractivity contribution in [2.75, 3.05) is 27.4 Å². The van der Waals surface area contributed by atoms with E-state index < -0.39 is 28.0 Å². The number of methoxy groups -OCH3 is 2. The van der Waals surface area contributed by atoms with E-state index in [1.807, 2.05) is 13.8 Å². The number of esters is 2. The second-order valence-corrected chi connectivity index (χ2v) is 8.36. The fraction of sp³-hybridized carbons (Fsp3) is 0.364. The summed E-state index contributed by atoms with van der Waals surface area (Å²) < 4.78 is 49.1.